The molecule has 0 radical (unpaired) electrons. The number of H-pyrrole nitrogens is 1. The third kappa shape index (κ3) is 3.75. The van der Waals surface area contributed by atoms with E-state index in [1.54, 1.807) is 31.5 Å². The van der Waals surface area contributed by atoms with Gasteiger partial charge in [0.1, 0.15) is 11.5 Å². The lowest BCUT2D eigenvalue weighted by Crippen LogP contribution is -2.28. The number of imidazole rings is 1. The van der Waals surface area contributed by atoms with Crippen LogP contribution in [0.4, 0.5) is 0 Å². The molecule has 0 bridgehead atoms. The smallest absolute Gasteiger partial charge is 0.328 e. The third-order valence-corrected chi connectivity index (χ3v) is 2.74. The topological polar surface area (TPSA) is 108 Å². The van der Waals surface area contributed by atoms with Gasteiger partial charge < -0.3 is 15.4 Å². The lowest BCUT2D eigenvalue weighted by Gasteiger charge is -2.12. The van der Waals surface area contributed by atoms with Crippen LogP contribution in [0.3, 0.4) is 0 Å². The number of aliphatic carboxylic acids is 1. The molecule has 2 aromatic rings. The van der Waals surface area contributed by atoms with Crippen molar-refractivity contribution in [2.75, 3.05) is 0 Å². The summed E-state index contributed by atoms with van der Waals surface area (Å²) in [6.07, 6.45) is 7.04. The second-order valence-electron chi connectivity index (χ2n) is 4.28. The number of rotatable bonds is 5. The summed E-state index contributed by atoms with van der Waals surface area (Å²) in [5, 5.41) is 11.4. The Balaban J connectivity index is 2.17. The molecule has 0 aliphatic rings. The first-order valence-corrected chi connectivity index (χ1v) is 6.24. The van der Waals surface area contributed by atoms with E-state index in [9.17, 15) is 9.59 Å². The number of pyridine rings is 1. The van der Waals surface area contributed by atoms with Gasteiger partial charge in [0.2, 0.25) is 0 Å². The highest BCUT2D eigenvalue weighted by atomic mass is 16.4. The van der Waals surface area contributed by atoms with E-state index < -0.39 is 11.9 Å². The Hall–Kier alpha value is -2.96. The van der Waals surface area contributed by atoms with Crippen LogP contribution in [0, 0.1) is 0 Å². The Bertz CT molecular complexity index is 665. The molecule has 0 saturated heterocycles. The van der Waals surface area contributed by atoms with Gasteiger partial charge in [0, 0.05) is 30.2 Å². The predicted octanol–water partition coefficient (Wildman–Crippen LogP) is 1.39. The zero-order chi connectivity index (χ0) is 15.2. The first-order valence-electron chi connectivity index (χ1n) is 6.24. The minimum Gasteiger partial charge on any atom is -0.478 e. The van der Waals surface area contributed by atoms with Gasteiger partial charge in [0.05, 0.1) is 6.04 Å². The highest BCUT2D eigenvalue weighted by molar-refractivity contribution is 5.97. The number of carboxylic acids is 1. The van der Waals surface area contributed by atoms with E-state index in [-0.39, 0.29) is 11.7 Å². The number of aromatic nitrogens is 3. The van der Waals surface area contributed by atoms with Gasteiger partial charge in [-0.05, 0) is 19.1 Å². The highest BCUT2D eigenvalue weighted by Crippen LogP contribution is 2.11. The van der Waals surface area contributed by atoms with Crippen LogP contribution in [-0.4, -0.2) is 31.9 Å². The molecular formula is C14H14N4O3. The minimum absolute atomic E-state index is 0.161. The summed E-state index contributed by atoms with van der Waals surface area (Å²) < 4.78 is 0. The summed E-state index contributed by atoms with van der Waals surface area (Å²) in [7, 11) is 0. The summed E-state index contributed by atoms with van der Waals surface area (Å²) in [5.74, 6) is -0.861. The molecule has 7 nitrogen and oxygen atoms in total. The maximum absolute atomic E-state index is 12.2. The first kappa shape index (κ1) is 14.4. The van der Waals surface area contributed by atoms with Gasteiger partial charge in [0.25, 0.3) is 5.91 Å². The molecule has 108 valence electrons. The Kier molecular flexibility index (Phi) is 4.45. The molecular weight excluding hydrogens is 272 g/mol. The van der Waals surface area contributed by atoms with Crippen LogP contribution in [0.15, 0.2) is 36.8 Å². The van der Waals surface area contributed by atoms with Crippen LogP contribution in [0.25, 0.3) is 6.08 Å². The van der Waals surface area contributed by atoms with E-state index in [1.165, 1.54) is 12.3 Å². The second-order valence-corrected chi connectivity index (χ2v) is 4.28. The lowest BCUT2D eigenvalue weighted by molar-refractivity contribution is -0.131. The van der Waals surface area contributed by atoms with Crippen molar-refractivity contribution >= 4 is 18.0 Å². The molecule has 1 unspecified atom stereocenters. The molecule has 3 N–H and O–H groups in total. The molecule has 2 rings (SSSR count). The van der Waals surface area contributed by atoms with Crippen molar-refractivity contribution in [3.8, 4) is 0 Å². The molecule has 0 aliphatic heterocycles. The van der Waals surface area contributed by atoms with Gasteiger partial charge in [-0.25, -0.2) is 9.78 Å². The first-order chi connectivity index (χ1) is 10.1. The van der Waals surface area contributed by atoms with E-state index in [4.69, 9.17) is 5.11 Å². The van der Waals surface area contributed by atoms with Crippen molar-refractivity contribution < 1.29 is 14.7 Å². The average molecular weight is 286 g/mol. The van der Waals surface area contributed by atoms with Gasteiger partial charge in [-0.1, -0.05) is 6.07 Å². The number of carbonyl (C=O) groups excluding carboxylic acids is 1. The van der Waals surface area contributed by atoms with Crippen LogP contribution >= 0.6 is 0 Å². The van der Waals surface area contributed by atoms with Gasteiger partial charge in [-0.15, -0.1) is 0 Å². The Morgan fingerprint density at radius 3 is 2.86 bits per heavy atom. The zero-order valence-electron chi connectivity index (χ0n) is 11.3. The van der Waals surface area contributed by atoms with Crippen molar-refractivity contribution in [2.45, 2.75) is 13.0 Å². The van der Waals surface area contributed by atoms with Crippen molar-refractivity contribution in [1.82, 2.24) is 20.3 Å². The van der Waals surface area contributed by atoms with E-state index in [0.717, 1.165) is 6.08 Å². The maximum atomic E-state index is 12.2. The third-order valence-electron chi connectivity index (χ3n) is 2.74. The van der Waals surface area contributed by atoms with E-state index in [0.29, 0.717) is 11.4 Å². The Labute approximate surface area is 120 Å². The normalized spacial score (nSPS) is 12.2. The summed E-state index contributed by atoms with van der Waals surface area (Å²) >= 11 is 0. The number of aromatic amines is 1. The van der Waals surface area contributed by atoms with Crippen LogP contribution in [0.1, 0.15) is 34.8 Å². The molecule has 0 spiro atoms. The van der Waals surface area contributed by atoms with E-state index in [2.05, 4.69) is 20.3 Å². The maximum Gasteiger partial charge on any atom is 0.328 e. The van der Waals surface area contributed by atoms with Crippen molar-refractivity contribution in [3.63, 3.8) is 0 Å². The highest BCUT2D eigenvalue weighted by Gasteiger charge is 2.16. The van der Waals surface area contributed by atoms with Gasteiger partial charge in [-0.2, -0.15) is 0 Å². The number of carbonyl (C=O) groups is 2. The van der Waals surface area contributed by atoms with Gasteiger partial charge in [-0.3, -0.25) is 9.78 Å². The zero-order valence-corrected chi connectivity index (χ0v) is 11.3. The largest absolute Gasteiger partial charge is 0.478 e. The molecule has 0 aromatic carbocycles. The molecule has 21 heavy (non-hydrogen) atoms. The summed E-state index contributed by atoms with van der Waals surface area (Å²) in [6.45, 7) is 1.78. The molecule has 7 heteroatoms. The molecule has 2 aromatic heterocycles. The number of carboxylic acid groups (broad SMARTS) is 1. The molecule has 0 saturated carbocycles. The molecule has 0 fully saturated rings. The van der Waals surface area contributed by atoms with Crippen molar-refractivity contribution in [3.05, 3.63) is 53.9 Å². The molecule has 1 amide bonds. The number of hydrogen-bond donors (Lipinski definition) is 3. The summed E-state index contributed by atoms with van der Waals surface area (Å²) in [6, 6.07) is 2.94. The van der Waals surface area contributed by atoms with Crippen molar-refractivity contribution in [2.24, 2.45) is 0 Å². The SMILES string of the molecule is CC(NC(=O)c1ncccc1/C=C/C(=O)O)c1ncc[nH]1. The fourth-order valence-corrected chi connectivity index (χ4v) is 1.75. The van der Waals surface area contributed by atoms with E-state index in [1.807, 2.05) is 0 Å². The number of amides is 1. The Morgan fingerprint density at radius 2 is 2.19 bits per heavy atom. The Morgan fingerprint density at radius 1 is 1.38 bits per heavy atom. The summed E-state index contributed by atoms with van der Waals surface area (Å²) in [4.78, 5) is 33.8. The van der Waals surface area contributed by atoms with Crippen LogP contribution in [0.5, 0.6) is 0 Å². The van der Waals surface area contributed by atoms with Crippen LogP contribution in [0.2, 0.25) is 0 Å². The monoisotopic (exact) mass is 286 g/mol. The fourth-order valence-electron chi connectivity index (χ4n) is 1.75. The summed E-state index contributed by atoms with van der Waals surface area (Å²) in [5.41, 5.74) is 0.595. The predicted molar refractivity (Wildman–Crippen MR) is 75.4 cm³/mol. The average Bonchev–Trinajstić information content (AvgIpc) is 2.99. The van der Waals surface area contributed by atoms with E-state index >= 15 is 0 Å². The fraction of sp³-hybridized carbons (Fsp3) is 0.143. The van der Waals surface area contributed by atoms with Crippen LogP contribution < -0.4 is 5.32 Å². The number of hydrogen-bond acceptors (Lipinski definition) is 4. The van der Waals surface area contributed by atoms with Gasteiger partial charge in [0.15, 0.2) is 0 Å². The number of nitrogens with one attached hydrogen (secondary N) is 2. The molecule has 0 aliphatic carbocycles. The second kappa shape index (κ2) is 6.47. The lowest BCUT2D eigenvalue weighted by atomic mass is 10.1. The minimum atomic E-state index is -1.09. The molecule has 1 atom stereocenters. The quantitative estimate of drug-likeness (QED) is 0.720. The standard InChI is InChI=1S/C14H14N4O3/c1-9(13-16-7-8-17-13)18-14(21)12-10(3-2-6-15-12)4-5-11(19)20/h2-9H,1H3,(H,16,17)(H,18,21)(H,19,20)/b5-4+. The van der Waals surface area contributed by atoms with Crippen LogP contribution in [-0.2, 0) is 4.79 Å². The van der Waals surface area contributed by atoms with Crippen molar-refractivity contribution in [1.29, 1.82) is 0 Å². The molecule has 2 heterocycles. The number of nitrogens with zero attached hydrogens (tertiary/aromatic N) is 2. The van der Waals surface area contributed by atoms with Gasteiger partial charge >= 0.3 is 5.97 Å².